The highest BCUT2D eigenvalue weighted by Crippen LogP contribution is 2.26. The first-order chi connectivity index (χ1) is 9.47. The van der Waals surface area contributed by atoms with Gasteiger partial charge in [-0.25, -0.2) is 0 Å². The SMILES string of the molecule is O=C(/C(=C\C(F)(F)F)c1ccccc1)c1ccccc1. The molecule has 0 atom stereocenters. The molecule has 0 aliphatic rings. The van der Waals surface area contributed by atoms with Gasteiger partial charge in [-0.1, -0.05) is 60.7 Å². The maximum atomic E-state index is 12.6. The van der Waals surface area contributed by atoms with Gasteiger partial charge < -0.3 is 0 Å². The van der Waals surface area contributed by atoms with Crippen LogP contribution in [0.3, 0.4) is 0 Å². The molecule has 0 aliphatic carbocycles. The highest BCUT2D eigenvalue weighted by Gasteiger charge is 2.27. The normalized spacial score (nSPS) is 12.2. The number of ketones is 1. The quantitative estimate of drug-likeness (QED) is 0.595. The van der Waals surface area contributed by atoms with Crippen LogP contribution in [-0.2, 0) is 0 Å². The molecule has 2 aromatic rings. The lowest BCUT2D eigenvalue weighted by atomic mass is 9.96. The van der Waals surface area contributed by atoms with Crippen molar-refractivity contribution in [3.05, 3.63) is 77.9 Å². The molecule has 2 aromatic carbocycles. The zero-order chi connectivity index (χ0) is 14.6. The molecule has 0 saturated heterocycles. The summed E-state index contributed by atoms with van der Waals surface area (Å²) in [4.78, 5) is 12.3. The van der Waals surface area contributed by atoms with E-state index in [2.05, 4.69) is 0 Å². The first kappa shape index (κ1) is 14.1. The first-order valence-electron chi connectivity index (χ1n) is 5.92. The predicted octanol–water partition coefficient (Wildman–Crippen LogP) is 4.52. The summed E-state index contributed by atoms with van der Waals surface area (Å²) in [7, 11) is 0. The molecule has 0 bridgehead atoms. The van der Waals surface area contributed by atoms with Crippen LogP contribution in [0.25, 0.3) is 5.57 Å². The van der Waals surface area contributed by atoms with Gasteiger partial charge in [0.05, 0.1) is 0 Å². The molecule has 0 radical (unpaired) electrons. The molecule has 4 heteroatoms. The average molecular weight is 276 g/mol. The minimum absolute atomic E-state index is 0.0532. The van der Waals surface area contributed by atoms with Crippen LogP contribution in [0.5, 0.6) is 0 Å². The molecular weight excluding hydrogens is 265 g/mol. The number of hydrogen-bond acceptors (Lipinski definition) is 1. The van der Waals surface area contributed by atoms with Crippen LogP contribution in [0.15, 0.2) is 66.7 Å². The Bertz CT molecular complexity index is 613. The number of Topliss-reactive ketones (excluding diaryl/α,β-unsaturated/α-hetero) is 1. The van der Waals surface area contributed by atoms with E-state index >= 15 is 0 Å². The Kier molecular flexibility index (Phi) is 4.03. The monoisotopic (exact) mass is 276 g/mol. The van der Waals surface area contributed by atoms with Gasteiger partial charge in [0.2, 0.25) is 0 Å². The van der Waals surface area contributed by atoms with Crippen LogP contribution in [0, 0.1) is 0 Å². The third-order valence-electron chi connectivity index (χ3n) is 2.67. The van der Waals surface area contributed by atoms with Crippen molar-refractivity contribution in [3.8, 4) is 0 Å². The molecule has 0 unspecified atom stereocenters. The predicted molar refractivity (Wildman–Crippen MR) is 71.2 cm³/mol. The summed E-state index contributed by atoms with van der Waals surface area (Å²) in [5.41, 5.74) is 0.120. The molecular formula is C16H11F3O. The largest absolute Gasteiger partial charge is 0.410 e. The summed E-state index contributed by atoms with van der Waals surface area (Å²) >= 11 is 0. The Morgan fingerprint density at radius 3 is 1.70 bits per heavy atom. The summed E-state index contributed by atoms with van der Waals surface area (Å²) in [5, 5.41) is 0. The van der Waals surface area contributed by atoms with Crippen molar-refractivity contribution in [1.29, 1.82) is 0 Å². The van der Waals surface area contributed by atoms with Crippen molar-refractivity contribution in [1.82, 2.24) is 0 Å². The minimum atomic E-state index is -4.55. The van der Waals surface area contributed by atoms with E-state index in [0.717, 1.165) is 0 Å². The average Bonchev–Trinajstić information content (AvgIpc) is 2.45. The third kappa shape index (κ3) is 3.57. The Hall–Kier alpha value is -2.36. The van der Waals surface area contributed by atoms with Gasteiger partial charge in [-0.15, -0.1) is 0 Å². The van der Waals surface area contributed by atoms with E-state index in [-0.39, 0.29) is 22.8 Å². The lowest BCUT2D eigenvalue weighted by Gasteiger charge is -2.09. The van der Waals surface area contributed by atoms with Crippen molar-refractivity contribution in [2.24, 2.45) is 0 Å². The fraction of sp³-hybridized carbons (Fsp3) is 0.0625. The van der Waals surface area contributed by atoms with E-state index in [9.17, 15) is 18.0 Å². The van der Waals surface area contributed by atoms with Gasteiger partial charge in [-0.3, -0.25) is 4.79 Å². The Labute approximate surface area is 114 Å². The molecule has 0 aromatic heterocycles. The molecule has 0 fully saturated rings. The lowest BCUT2D eigenvalue weighted by molar-refractivity contribution is -0.0793. The number of benzene rings is 2. The Balaban J connectivity index is 2.49. The summed E-state index contributed by atoms with van der Waals surface area (Å²) < 4.78 is 37.9. The molecule has 0 saturated carbocycles. The maximum Gasteiger partial charge on any atom is 0.410 e. The zero-order valence-corrected chi connectivity index (χ0v) is 10.4. The van der Waals surface area contributed by atoms with Gasteiger partial charge in [-0.05, 0) is 5.56 Å². The van der Waals surface area contributed by atoms with Gasteiger partial charge >= 0.3 is 6.18 Å². The summed E-state index contributed by atoms with van der Waals surface area (Å²) in [5.74, 6) is -0.644. The van der Waals surface area contributed by atoms with E-state index in [4.69, 9.17) is 0 Å². The summed E-state index contributed by atoms with van der Waals surface area (Å²) in [6.07, 6.45) is -4.49. The highest BCUT2D eigenvalue weighted by molar-refractivity contribution is 6.29. The number of allylic oxidation sites excluding steroid dienone is 2. The molecule has 102 valence electrons. The highest BCUT2D eigenvalue weighted by atomic mass is 19.4. The fourth-order valence-corrected chi connectivity index (χ4v) is 1.81. The first-order valence-corrected chi connectivity index (χ1v) is 5.92. The molecule has 2 rings (SSSR count). The number of carbonyl (C=O) groups excluding carboxylic acids is 1. The minimum Gasteiger partial charge on any atom is -0.289 e. The van der Waals surface area contributed by atoms with E-state index < -0.39 is 12.0 Å². The number of carbonyl (C=O) groups is 1. The summed E-state index contributed by atoms with van der Waals surface area (Å²) in [6, 6.07) is 15.8. The summed E-state index contributed by atoms with van der Waals surface area (Å²) in [6.45, 7) is 0. The van der Waals surface area contributed by atoms with E-state index in [1.807, 2.05) is 0 Å². The van der Waals surface area contributed by atoms with Crippen LogP contribution >= 0.6 is 0 Å². The number of alkyl halides is 3. The second-order valence-electron chi connectivity index (χ2n) is 4.16. The van der Waals surface area contributed by atoms with Crippen molar-refractivity contribution < 1.29 is 18.0 Å². The number of hydrogen-bond donors (Lipinski definition) is 0. The van der Waals surface area contributed by atoms with Gasteiger partial charge in [0.25, 0.3) is 0 Å². The lowest BCUT2D eigenvalue weighted by Crippen LogP contribution is -2.09. The zero-order valence-electron chi connectivity index (χ0n) is 10.4. The van der Waals surface area contributed by atoms with Crippen molar-refractivity contribution in [3.63, 3.8) is 0 Å². The standard InChI is InChI=1S/C16H11F3O/c17-16(18,19)11-14(12-7-3-1-4-8-12)15(20)13-9-5-2-6-10-13/h1-11H/b14-11-. The molecule has 0 heterocycles. The molecule has 0 aliphatic heterocycles. The van der Waals surface area contributed by atoms with Crippen molar-refractivity contribution in [2.75, 3.05) is 0 Å². The second-order valence-corrected chi connectivity index (χ2v) is 4.16. The third-order valence-corrected chi connectivity index (χ3v) is 2.67. The number of rotatable bonds is 3. The molecule has 20 heavy (non-hydrogen) atoms. The van der Waals surface area contributed by atoms with E-state index in [0.29, 0.717) is 0 Å². The van der Waals surface area contributed by atoms with E-state index in [1.165, 1.54) is 24.3 Å². The maximum absolute atomic E-state index is 12.6. The van der Waals surface area contributed by atoms with Crippen LogP contribution in [-0.4, -0.2) is 12.0 Å². The molecule has 1 nitrogen and oxygen atoms in total. The Morgan fingerprint density at radius 1 is 0.800 bits per heavy atom. The number of halogens is 3. The van der Waals surface area contributed by atoms with Gasteiger partial charge in [0, 0.05) is 17.2 Å². The van der Waals surface area contributed by atoms with Crippen LogP contribution in [0.2, 0.25) is 0 Å². The topological polar surface area (TPSA) is 17.1 Å². The van der Waals surface area contributed by atoms with Gasteiger partial charge in [-0.2, -0.15) is 13.2 Å². The fourth-order valence-electron chi connectivity index (χ4n) is 1.81. The molecule has 0 spiro atoms. The van der Waals surface area contributed by atoms with Crippen molar-refractivity contribution in [2.45, 2.75) is 6.18 Å². The van der Waals surface area contributed by atoms with E-state index in [1.54, 1.807) is 36.4 Å². The van der Waals surface area contributed by atoms with Gasteiger partial charge in [0.15, 0.2) is 5.78 Å². The van der Waals surface area contributed by atoms with Crippen LogP contribution in [0.1, 0.15) is 15.9 Å². The molecule has 0 amide bonds. The second kappa shape index (κ2) is 5.74. The van der Waals surface area contributed by atoms with Crippen LogP contribution < -0.4 is 0 Å². The van der Waals surface area contributed by atoms with Gasteiger partial charge in [0.1, 0.15) is 0 Å². The molecule has 0 N–H and O–H groups in total. The van der Waals surface area contributed by atoms with Crippen LogP contribution in [0.4, 0.5) is 13.2 Å². The smallest absolute Gasteiger partial charge is 0.289 e. The Morgan fingerprint density at radius 2 is 1.25 bits per heavy atom. The van der Waals surface area contributed by atoms with Crippen molar-refractivity contribution >= 4 is 11.4 Å².